The van der Waals surface area contributed by atoms with Gasteiger partial charge in [0.2, 0.25) is 0 Å². The first-order chi connectivity index (χ1) is 14.0. The average Bonchev–Trinajstić information content (AvgIpc) is 2.74. The summed E-state index contributed by atoms with van der Waals surface area (Å²) in [6.07, 6.45) is 10.3. The van der Waals surface area contributed by atoms with Crippen LogP contribution in [-0.2, 0) is 6.18 Å². The Morgan fingerprint density at radius 3 is 2.07 bits per heavy atom. The third kappa shape index (κ3) is 6.32. The number of unbranched alkanes of at least 4 members (excludes halogenated alkanes) is 4. The lowest BCUT2D eigenvalue weighted by atomic mass is 9.77. The van der Waals surface area contributed by atoms with Crippen LogP contribution in [0.5, 0.6) is 0 Å². The van der Waals surface area contributed by atoms with E-state index in [0.717, 1.165) is 23.1 Å². The van der Waals surface area contributed by atoms with Crippen LogP contribution in [0.3, 0.4) is 0 Å². The van der Waals surface area contributed by atoms with Crippen molar-refractivity contribution in [2.45, 2.75) is 83.2 Å². The molecule has 0 aliphatic heterocycles. The van der Waals surface area contributed by atoms with Gasteiger partial charge in [-0.25, -0.2) is 0 Å². The molecule has 1 saturated carbocycles. The molecule has 29 heavy (non-hydrogen) atoms. The highest BCUT2D eigenvalue weighted by atomic mass is 19.4. The third-order valence-corrected chi connectivity index (χ3v) is 6.33. The summed E-state index contributed by atoms with van der Waals surface area (Å²) >= 11 is 0. The third-order valence-electron chi connectivity index (χ3n) is 6.33. The molecule has 0 amide bonds. The Labute approximate surface area is 172 Å². The maximum absolute atomic E-state index is 12.7. The minimum atomic E-state index is -4.39. The maximum atomic E-state index is 12.7. The normalized spacial score (nSPS) is 20.0. The lowest BCUT2D eigenvalue weighted by Gasteiger charge is -2.29. The molecule has 1 aliphatic rings. The Balaban J connectivity index is 1.50. The molecule has 0 radical (unpaired) electrons. The van der Waals surface area contributed by atoms with E-state index in [1.165, 1.54) is 82.0 Å². The van der Waals surface area contributed by atoms with Gasteiger partial charge in [0.25, 0.3) is 0 Å². The van der Waals surface area contributed by atoms with E-state index in [4.69, 9.17) is 0 Å². The van der Waals surface area contributed by atoms with Crippen molar-refractivity contribution in [2.75, 3.05) is 0 Å². The van der Waals surface area contributed by atoms with Crippen molar-refractivity contribution in [1.29, 1.82) is 0 Å². The Kier molecular flexibility index (Phi) is 7.74. The summed E-state index contributed by atoms with van der Waals surface area (Å²) in [7, 11) is 0. The topological polar surface area (TPSA) is 12.9 Å². The van der Waals surface area contributed by atoms with Gasteiger partial charge in [0.05, 0.1) is 0 Å². The fraction of sp³-hybridized carbons (Fsp3) is 0.560. The number of alkyl halides is 3. The van der Waals surface area contributed by atoms with Crippen molar-refractivity contribution in [3.63, 3.8) is 0 Å². The van der Waals surface area contributed by atoms with Crippen LogP contribution in [0.4, 0.5) is 13.2 Å². The van der Waals surface area contributed by atoms with Crippen LogP contribution in [-0.4, -0.2) is 4.98 Å². The second-order valence-electron chi connectivity index (χ2n) is 8.47. The monoisotopic (exact) mass is 403 g/mol. The first kappa shape index (κ1) is 21.9. The smallest absolute Gasteiger partial charge is 0.251 e. The summed E-state index contributed by atoms with van der Waals surface area (Å²) in [6.45, 7) is 2.26. The van der Waals surface area contributed by atoms with Gasteiger partial charge in [-0.3, -0.25) is 4.98 Å². The van der Waals surface area contributed by atoms with Gasteiger partial charge in [-0.1, -0.05) is 75.8 Å². The summed E-state index contributed by atoms with van der Waals surface area (Å²) < 4.78 is 38.0. The van der Waals surface area contributed by atoms with E-state index in [9.17, 15) is 13.2 Å². The molecule has 1 nitrogen and oxygen atoms in total. The average molecular weight is 404 g/mol. The van der Waals surface area contributed by atoms with Gasteiger partial charge in [-0.2, -0.15) is 13.2 Å². The van der Waals surface area contributed by atoms with Gasteiger partial charge >= 0.3 is 6.18 Å². The molecule has 3 rings (SSSR count). The van der Waals surface area contributed by atoms with E-state index in [-0.39, 0.29) is 0 Å². The Hall–Kier alpha value is -1.84. The van der Waals surface area contributed by atoms with Crippen molar-refractivity contribution >= 4 is 0 Å². The molecule has 1 aliphatic carbocycles. The SMILES string of the molecule is CCCCCCC[C@H]1CC[C@H](c2ccc(-c3ccc(C(F)(F)F)nc3)cc2)CC1. The van der Waals surface area contributed by atoms with Gasteiger partial charge in [0.15, 0.2) is 0 Å². The van der Waals surface area contributed by atoms with E-state index in [2.05, 4.69) is 24.0 Å². The van der Waals surface area contributed by atoms with Crippen LogP contribution < -0.4 is 0 Å². The molecule has 4 heteroatoms. The van der Waals surface area contributed by atoms with E-state index in [1.54, 1.807) is 0 Å². The first-order valence-electron chi connectivity index (χ1n) is 11.1. The molecule has 1 aromatic carbocycles. The molecule has 1 heterocycles. The molecule has 2 aromatic rings. The molecular formula is C25H32F3N. The van der Waals surface area contributed by atoms with E-state index < -0.39 is 11.9 Å². The number of aromatic nitrogens is 1. The number of nitrogens with zero attached hydrogens (tertiary/aromatic N) is 1. The lowest BCUT2D eigenvalue weighted by molar-refractivity contribution is -0.141. The predicted octanol–water partition coefficient (Wildman–Crippen LogP) is 8.40. The molecule has 1 aromatic heterocycles. The van der Waals surface area contributed by atoms with Crippen LogP contribution in [0.25, 0.3) is 11.1 Å². The summed E-state index contributed by atoms with van der Waals surface area (Å²) in [5.74, 6) is 1.51. The van der Waals surface area contributed by atoms with Gasteiger partial charge in [0.1, 0.15) is 5.69 Å². The first-order valence-corrected chi connectivity index (χ1v) is 11.1. The summed E-state index contributed by atoms with van der Waals surface area (Å²) in [5.41, 5.74) is 2.14. The van der Waals surface area contributed by atoms with Crippen LogP contribution >= 0.6 is 0 Å². The van der Waals surface area contributed by atoms with Crippen molar-refractivity contribution < 1.29 is 13.2 Å². The van der Waals surface area contributed by atoms with E-state index in [0.29, 0.717) is 5.92 Å². The number of benzene rings is 1. The zero-order valence-corrected chi connectivity index (χ0v) is 17.3. The molecule has 0 N–H and O–H groups in total. The molecule has 0 bridgehead atoms. The van der Waals surface area contributed by atoms with Gasteiger partial charge in [0, 0.05) is 11.8 Å². The Bertz CT molecular complexity index is 726. The highest BCUT2D eigenvalue weighted by molar-refractivity contribution is 5.62. The van der Waals surface area contributed by atoms with E-state index >= 15 is 0 Å². The van der Waals surface area contributed by atoms with Crippen molar-refractivity contribution in [1.82, 2.24) is 4.98 Å². The summed E-state index contributed by atoms with van der Waals surface area (Å²) in [4.78, 5) is 3.56. The highest BCUT2D eigenvalue weighted by Gasteiger charge is 2.32. The standard InChI is InChI=1S/C25H32F3N/c1-2-3-4-5-6-7-19-8-10-20(11-9-19)21-12-14-22(15-13-21)23-16-17-24(29-18-23)25(26,27)28/h12-20H,2-11H2,1H3/t19-,20-. The number of hydrogen-bond acceptors (Lipinski definition) is 1. The highest BCUT2D eigenvalue weighted by Crippen LogP contribution is 2.38. The second-order valence-corrected chi connectivity index (χ2v) is 8.47. The minimum Gasteiger partial charge on any atom is -0.251 e. The second kappa shape index (κ2) is 10.3. The zero-order chi connectivity index (χ0) is 20.7. The van der Waals surface area contributed by atoms with E-state index in [1.807, 2.05) is 12.1 Å². The maximum Gasteiger partial charge on any atom is 0.433 e. The number of hydrogen-bond donors (Lipinski definition) is 0. The number of pyridine rings is 1. The van der Waals surface area contributed by atoms with Crippen molar-refractivity contribution in [3.8, 4) is 11.1 Å². The minimum absolute atomic E-state index is 0.617. The van der Waals surface area contributed by atoms with Crippen molar-refractivity contribution in [3.05, 3.63) is 53.9 Å². The lowest BCUT2D eigenvalue weighted by Crippen LogP contribution is -2.13. The molecule has 0 saturated heterocycles. The number of rotatable bonds is 8. The largest absolute Gasteiger partial charge is 0.433 e. The van der Waals surface area contributed by atoms with Crippen LogP contribution in [0.15, 0.2) is 42.6 Å². The molecular weight excluding hydrogens is 371 g/mol. The van der Waals surface area contributed by atoms with Gasteiger partial charge in [-0.15, -0.1) is 0 Å². The fourth-order valence-corrected chi connectivity index (χ4v) is 4.50. The molecule has 158 valence electrons. The van der Waals surface area contributed by atoms with Gasteiger partial charge < -0.3 is 0 Å². The van der Waals surface area contributed by atoms with Crippen LogP contribution in [0.1, 0.15) is 88.3 Å². The molecule has 0 unspecified atom stereocenters. The Morgan fingerprint density at radius 1 is 0.828 bits per heavy atom. The number of halogens is 3. The predicted molar refractivity (Wildman–Crippen MR) is 113 cm³/mol. The molecule has 0 spiro atoms. The Morgan fingerprint density at radius 2 is 1.48 bits per heavy atom. The van der Waals surface area contributed by atoms with Gasteiger partial charge in [-0.05, 0) is 54.7 Å². The summed E-state index contributed by atoms with van der Waals surface area (Å²) in [5, 5.41) is 0. The fourth-order valence-electron chi connectivity index (χ4n) is 4.50. The zero-order valence-electron chi connectivity index (χ0n) is 17.3. The van der Waals surface area contributed by atoms with Crippen LogP contribution in [0, 0.1) is 5.92 Å². The summed E-state index contributed by atoms with van der Waals surface area (Å²) in [6, 6.07) is 10.9. The molecule has 0 atom stereocenters. The quantitative estimate of drug-likeness (QED) is 0.403. The van der Waals surface area contributed by atoms with Crippen molar-refractivity contribution in [2.24, 2.45) is 5.92 Å². The van der Waals surface area contributed by atoms with Crippen LogP contribution in [0.2, 0.25) is 0 Å². The molecule has 1 fully saturated rings.